The van der Waals surface area contributed by atoms with Crippen LogP contribution in [0.2, 0.25) is 0 Å². The normalized spacial score (nSPS) is 13.6. The van der Waals surface area contributed by atoms with Crippen LogP contribution in [-0.2, 0) is 5.41 Å². The van der Waals surface area contributed by atoms with E-state index in [2.05, 4.69) is 13.8 Å². The molecular formula is C25H35ClO5S. The molecule has 0 amide bonds. The number of rotatable bonds is 15. The van der Waals surface area contributed by atoms with Gasteiger partial charge in [-0.3, -0.25) is 0 Å². The molecule has 0 aliphatic heterocycles. The van der Waals surface area contributed by atoms with Crippen molar-refractivity contribution in [2.45, 2.75) is 44.3 Å². The number of halogens is 1. The predicted octanol–water partition coefficient (Wildman–Crippen LogP) is 4.24. The fourth-order valence-corrected chi connectivity index (χ4v) is 4.15. The minimum Gasteiger partial charge on any atom is -0.491 e. The van der Waals surface area contributed by atoms with Gasteiger partial charge in [0, 0.05) is 17.8 Å². The van der Waals surface area contributed by atoms with E-state index in [9.17, 15) is 10.2 Å². The molecule has 0 radical (unpaired) electrons. The van der Waals surface area contributed by atoms with Crippen LogP contribution in [-0.4, -0.2) is 64.7 Å². The largest absolute Gasteiger partial charge is 0.491 e. The number of aliphatic hydroxyl groups is 3. The van der Waals surface area contributed by atoms with Crippen molar-refractivity contribution in [2.24, 2.45) is 0 Å². The monoisotopic (exact) mass is 482 g/mol. The molecule has 178 valence electrons. The van der Waals surface area contributed by atoms with Gasteiger partial charge in [-0.25, -0.2) is 0 Å². The number of thioether (sulfide) groups is 1. The van der Waals surface area contributed by atoms with Gasteiger partial charge in [0.1, 0.15) is 30.8 Å². The van der Waals surface area contributed by atoms with Gasteiger partial charge in [0.15, 0.2) is 0 Å². The van der Waals surface area contributed by atoms with E-state index in [1.807, 2.05) is 48.5 Å². The van der Waals surface area contributed by atoms with Crippen LogP contribution in [0.15, 0.2) is 48.5 Å². The highest BCUT2D eigenvalue weighted by atomic mass is 35.5. The quantitative estimate of drug-likeness (QED) is 0.260. The molecule has 7 heteroatoms. The molecule has 0 saturated heterocycles. The minimum absolute atomic E-state index is 0.147. The molecule has 0 saturated carbocycles. The highest BCUT2D eigenvalue weighted by Crippen LogP contribution is 2.33. The summed E-state index contributed by atoms with van der Waals surface area (Å²) in [6.07, 6.45) is 0.569. The van der Waals surface area contributed by atoms with Gasteiger partial charge in [-0.1, -0.05) is 38.1 Å². The molecule has 5 nitrogen and oxygen atoms in total. The first-order valence-electron chi connectivity index (χ1n) is 10.9. The second-order valence-electron chi connectivity index (χ2n) is 8.26. The average molecular weight is 483 g/mol. The molecule has 0 heterocycles. The Bertz CT molecular complexity index is 767. The lowest BCUT2D eigenvalue weighted by molar-refractivity contribution is 0.125. The Kier molecular flexibility index (Phi) is 11.7. The topological polar surface area (TPSA) is 79.2 Å². The SMILES string of the molecule is CC(C)(c1ccc(OCC(O)CCl)cc1)c1ccc(OCC(O)CSCCCCO)cc1. The van der Waals surface area contributed by atoms with E-state index >= 15 is 0 Å². The number of benzene rings is 2. The van der Waals surface area contributed by atoms with E-state index in [0.717, 1.165) is 35.5 Å². The standard InChI is InChI=1S/C25H35ClO5S/c1-25(2,19-5-9-23(10-6-19)30-16-21(28)15-26)20-7-11-24(12-8-20)31-17-22(29)18-32-14-4-3-13-27/h5-12,21-22,27-29H,3-4,13-18H2,1-2H3. The van der Waals surface area contributed by atoms with Gasteiger partial charge in [-0.05, 0) is 54.0 Å². The van der Waals surface area contributed by atoms with Crippen LogP contribution in [0.5, 0.6) is 11.5 Å². The van der Waals surface area contributed by atoms with Gasteiger partial charge in [0.05, 0.1) is 12.0 Å². The molecule has 32 heavy (non-hydrogen) atoms. The van der Waals surface area contributed by atoms with E-state index < -0.39 is 12.2 Å². The summed E-state index contributed by atoms with van der Waals surface area (Å²) in [5.41, 5.74) is 2.08. The number of ether oxygens (including phenoxy) is 2. The summed E-state index contributed by atoms with van der Waals surface area (Å²) < 4.78 is 11.3. The predicted molar refractivity (Wildman–Crippen MR) is 132 cm³/mol. The maximum Gasteiger partial charge on any atom is 0.119 e. The molecule has 0 fully saturated rings. The zero-order chi connectivity index (χ0) is 23.4. The first-order valence-corrected chi connectivity index (χ1v) is 12.6. The fourth-order valence-electron chi connectivity index (χ4n) is 3.12. The third-order valence-corrected chi connectivity index (χ3v) is 6.78. The number of hydrogen-bond donors (Lipinski definition) is 3. The Morgan fingerprint density at radius 1 is 0.844 bits per heavy atom. The second kappa shape index (κ2) is 14.0. The van der Waals surface area contributed by atoms with Crippen LogP contribution in [0.25, 0.3) is 0 Å². The van der Waals surface area contributed by atoms with Crippen LogP contribution in [0.3, 0.4) is 0 Å². The third-order valence-electron chi connectivity index (χ3n) is 5.22. The molecule has 0 aromatic heterocycles. The average Bonchev–Trinajstić information content (AvgIpc) is 2.81. The van der Waals surface area contributed by atoms with Crippen LogP contribution in [0, 0.1) is 0 Å². The first kappa shape index (κ1) is 26.8. The van der Waals surface area contributed by atoms with Gasteiger partial charge in [-0.2, -0.15) is 11.8 Å². The first-order chi connectivity index (χ1) is 15.4. The summed E-state index contributed by atoms with van der Waals surface area (Å²) in [5.74, 6) is 3.14. The molecule has 2 unspecified atom stereocenters. The van der Waals surface area contributed by atoms with Gasteiger partial charge in [0.2, 0.25) is 0 Å². The molecule has 2 atom stereocenters. The minimum atomic E-state index is -0.676. The van der Waals surface area contributed by atoms with Crippen molar-refractivity contribution in [1.29, 1.82) is 0 Å². The summed E-state index contributed by atoms with van der Waals surface area (Å²) in [4.78, 5) is 0. The van der Waals surface area contributed by atoms with Gasteiger partial charge < -0.3 is 24.8 Å². The van der Waals surface area contributed by atoms with E-state index in [4.69, 9.17) is 26.2 Å². The molecule has 0 bridgehead atoms. The van der Waals surface area contributed by atoms with Crippen molar-refractivity contribution in [3.05, 3.63) is 59.7 Å². The molecular weight excluding hydrogens is 448 g/mol. The zero-order valence-corrected chi connectivity index (χ0v) is 20.4. The highest BCUT2D eigenvalue weighted by Gasteiger charge is 2.23. The van der Waals surface area contributed by atoms with E-state index in [0.29, 0.717) is 11.5 Å². The van der Waals surface area contributed by atoms with Crippen molar-refractivity contribution in [2.75, 3.05) is 37.2 Å². The second-order valence-corrected chi connectivity index (χ2v) is 9.72. The Morgan fingerprint density at radius 3 is 1.81 bits per heavy atom. The van der Waals surface area contributed by atoms with Crippen molar-refractivity contribution in [3.63, 3.8) is 0 Å². The number of unbranched alkanes of at least 4 members (excludes halogenated alkanes) is 1. The van der Waals surface area contributed by atoms with Crippen LogP contribution >= 0.6 is 23.4 Å². The highest BCUT2D eigenvalue weighted by molar-refractivity contribution is 7.99. The van der Waals surface area contributed by atoms with Gasteiger partial charge >= 0.3 is 0 Å². The van der Waals surface area contributed by atoms with E-state index in [-0.39, 0.29) is 31.1 Å². The molecule has 2 aromatic rings. The van der Waals surface area contributed by atoms with Crippen molar-refractivity contribution in [1.82, 2.24) is 0 Å². The van der Waals surface area contributed by atoms with Crippen molar-refractivity contribution >= 4 is 23.4 Å². The molecule has 2 aromatic carbocycles. The maximum atomic E-state index is 10.1. The Morgan fingerprint density at radius 2 is 1.34 bits per heavy atom. The van der Waals surface area contributed by atoms with Crippen LogP contribution in [0.1, 0.15) is 37.8 Å². The third kappa shape index (κ3) is 8.83. The lowest BCUT2D eigenvalue weighted by atomic mass is 9.78. The molecule has 2 rings (SSSR count). The summed E-state index contributed by atoms with van der Waals surface area (Å²) in [7, 11) is 0. The van der Waals surface area contributed by atoms with Crippen LogP contribution in [0.4, 0.5) is 0 Å². The lowest BCUT2D eigenvalue weighted by Crippen LogP contribution is -2.21. The number of hydrogen-bond acceptors (Lipinski definition) is 6. The maximum absolute atomic E-state index is 10.1. The van der Waals surface area contributed by atoms with Crippen molar-refractivity contribution in [3.8, 4) is 11.5 Å². The molecule has 0 spiro atoms. The van der Waals surface area contributed by atoms with Gasteiger partial charge in [0.25, 0.3) is 0 Å². The summed E-state index contributed by atoms with van der Waals surface area (Å²) in [6, 6.07) is 15.8. The lowest BCUT2D eigenvalue weighted by Gasteiger charge is -2.26. The summed E-state index contributed by atoms with van der Waals surface area (Å²) in [5, 5.41) is 28.4. The van der Waals surface area contributed by atoms with Gasteiger partial charge in [-0.15, -0.1) is 11.6 Å². The zero-order valence-electron chi connectivity index (χ0n) is 18.9. The van der Waals surface area contributed by atoms with Crippen molar-refractivity contribution < 1.29 is 24.8 Å². The summed E-state index contributed by atoms with van der Waals surface area (Å²) >= 11 is 7.27. The number of aliphatic hydroxyl groups excluding tert-OH is 3. The smallest absolute Gasteiger partial charge is 0.119 e. The van der Waals surface area contributed by atoms with E-state index in [1.54, 1.807) is 11.8 Å². The summed E-state index contributed by atoms with van der Waals surface area (Å²) in [6.45, 7) is 4.97. The fraction of sp³-hybridized carbons (Fsp3) is 0.520. The molecule has 0 aliphatic rings. The van der Waals surface area contributed by atoms with Crippen LogP contribution < -0.4 is 9.47 Å². The van der Waals surface area contributed by atoms with E-state index in [1.165, 1.54) is 0 Å². The molecule has 0 aliphatic carbocycles. The Balaban J connectivity index is 1.86. The molecule has 3 N–H and O–H groups in total. The Labute approximate surface area is 200 Å². The Hall–Kier alpha value is -1.44. The number of alkyl halides is 1.